The summed E-state index contributed by atoms with van der Waals surface area (Å²) in [4.78, 5) is 9.21. The molecule has 1 rings (SSSR count). The molecule has 10 heavy (non-hydrogen) atoms. The van der Waals surface area contributed by atoms with Crippen molar-refractivity contribution in [2.24, 2.45) is 0 Å². The monoisotopic (exact) mass is 185 g/mol. The van der Waals surface area contributed by atoms with Crippen molar-refractivity contribution < 1.29 is 4.79 Å². The van der Waals surface area contributed by atoms with Gasteiger partial charge in [-0.3, -0.25) is 4.79 Å². The molecule has 0 aromatic rings. The van der Waals surface area contributed by atoms with E-state index in [0.717, 1.165) is 0 Å². The highest BCUT2D eigenvalue weighted by Gasteiger charge is 1.93. The Morgan fingerprint density at radius 1 is 1.40 bits per heavy atom. The van der Waals surface area contributed by atoms with Gasteiger partial charge >= 0.3 is 0 Å². The van der Waals surface area contributed by atoms with Gasteiger partial charge in [0.15, 0.2) is 0 Å². The van der Waals surface area contributed by atoms with Gasteiger partial charge in [0.05, 0.1) is 0 Å². The molecule has 0 unspecified atom stereocenters. The highest BCUT2D eigenvalue weighted by Crippen LogP contribution is 1.90. The summed E-state index contributed by atoms with van der Waals surface area (Å²) in [6.45, 7) is 3.79. The van der Waals surface area contributed by atoms with Crippen LogP contribution in [0, 0.1) is 0 Å². The summed E-state index contributed by atoms with van der Waals surface area (Å²) in [5.74, 6) is 0. The molecule has 1 aliphatic rings. The molecule has 0 radical (unpaired) electrons. The van der Waals surface area contributed by atoms with Crippen molar-refractivity contribution in [1.82, 2.24) is 5.32 Å². The first-order chi connectivity index (χ1) is 4.23. The van der Waals surface area contributed by atoms with E-state index in [1.165, 1.54) is 32.9 Å². The van der Waals surface area contributed by atoms with Crippen LogP contribution in [-0.2, 0) is 4.79 Å². The van der Waals surface area contributed by atoms with E-state index >= 15 is 0 Å². The zero-order valence-electron chi connectivity index (χ0n) is 6.02. The fourth-order valence-corrected chi connectivity index (χ4v) is 0.625. The van der Waals surface area contributed by atoms with Crippen LogP contribution in [-0.4, -0.2) is 18.3 Å². The number of carbonyl (C=O) groups is 1. The molecule has 1 heterocycles. The van der Waals surface area contributed by atoms with Crippen molar-refractivity contribution in [3.63, 3.8) is 0 Å². The van der Waals surface area contributed by atoms with E-state index in [-0.39, 0.29) is 17.6 Å². The zero-order chi connectivity index (χ0) is 7.11. The first kappa shape index (κ1) is 12.8. The summed E-state index contributed by atoms with van der Waals surface area (Å²) < 4.78 is 0. The van der Waals surface area contributed by atoms with Gasteiger partial charge in [0.1, 0.15) is 0 Å². The van der Waals surface area contributed by atoms with Crippen LogP contribution >= 0.6 is 24.0 Å². The Kier molecular flexibility index (Phi) is 11.8. The molecular formula is C6H13Cl2NO. The van der Waals surface area contributed by atoms with E-state index in [2.05, 4.69) is 16.9 Å². The molecule has 0 aliphatic carbocycles. The minimum absolute atomic E-state index is 0. The van der Waals surface area contributed by atoms with Gasteiger partial charge in [0, 0.05) is 6.92 Å². The van der Waals surface area contributed by atoms with Crippen LogP contribution in [0.15, 0.2) is 0 Å². The summed E-state index contributed by atoms with van der Waals surface area (Å²) in [7, 11) is 0. The predicted octanol–water partition coefficient (Wildman–Crippen LogP) is 1.56. The van der Waals surface area contributed by atoms with Crippen molar-refractivity contribution in [3.8, 4) is 0 Å². The molecule has 1 N–H and O–H groups in total. The predicted molar refractivity (Wildman–Crippen MR) is 45.9 cm³/mol. The summed E-state index contributed by atoms with van der Waals surface area (Å²) in [6.07, 6.45) is 2.78. The SMILES string of the molecule is C1CCNC1.CC(=O)Cl.Cl. The zero-order valence-corrected chi connectivity index (χ0v) is 7.60. The van der Waals surface area contributed by atoms with Crippen LogP contribution in [0.3, 0.4) is 0 Å². The molecule has 0 atom stereocenters. The molecule has 0 saturated carbocycles. The topological polar surface area (TPSA) is 29.1 Å². The number of rotatable bonds is 0. The summed E-state index contributed by atoms with van der Waals surface area (Å²) in [5, 5.41) is 2.86. The highest BCUT2D eigenvalue weighted by atomic mass is 35.5. The number of hydrogen-bond donors (Lipinski definition) is 1. The van der Waals surface area contributed by atoms with Gasteiger partial charge < -0.3 is 5.32 Å². The van der Waals surface area contributed by atoms with Crippen LogP contribution in [0.2, 0.25) is 0 Å². The molecule has 1 aliphatic heterocycles. The Morgan fingerprint density at radius 3 is 1.80 bits per heavy atom. The molecule has 2 nitrogen and oxygen atoms in total. The third-order valence-electron chi connectivity index (χ3n) is 0.957. The molecule has 0 aromatic heterocycles. The molecule has 62 valence electrons. The lowest BCUT2D eigenvalue weighted by Gasteiger charge is -1.76. The van der Waals surface area contributed by atoms with E-state index in [9.17, 15) is 4.79 Å². The van der Waals surface area contributed by atoms with Crippen LogP contribution in [0.25, 0.3) is 0 Å². The molecule has 1 saturated heterocycles. The third-order valence-corrected chi connectivity index (χ3v) is 0.957. The summed E-state index contributed by atoms with van der Waals surface area (Å²) in [6, 6.07) is 0. The summed E-state index contributed by atoms with van der Waals surface area (Å²) >= 11 is 4.64. The third kappa shape index (κ3) is 15.7. The van der Waals surface area contributed by atoms with Crippen molar-refractivity contribution >= 4 is 29.3 Å². The smallest absolute Gasteiger partial charge is 0.218 e. The van der Waals surface area contributed by atoms with Gasteiger partial charge in [-0.1, -0.05) is 0 Å². The Labute approximate surface area is 72.7 Å². The maximum absolute atomic E-state index is 9.21. The van der Waals surface area contributed by atoms with Crippen molar-refractivity contribution in [2.75, 3.05) is 13.1 Å². The number of halogens is 2. The maximum atomic E-state index is 9.21. The Hall–Kier alpha value is 0.210. The quantitative estimate of drug-likeness (QED) is 0.581. The van der Waals surface area contributed by atoms with Crippen LogP contribution in [0.4, 0.5) is 0 Å². The number of carbonyl (C=O) groups excluding carboxylic acids is 1. The van der Waals surface area contributed by atoms with Crippen molar-refractivity contribution in [3.05, 3.63) is 0 Å². The molecule has 0 amide bonds. The minimum Gasteiger partial charge on any atom is -0.317 e. The maximum Gasteiger partial charge on any atom is 0.218 e. The summed E-state index contributed by atoms with van der Waals surface area (Å²) in [5.41, 5.74) is 0. The molecule has 0 bridgehead atoms. The Morgan fingerprint density at radius 2 is 1.70 bits per heavy atom. The van der Waals surface area contributed by atoms with E-state index in [4.69, 9.17) is 0 Å². The van der Waals surface area contributed by atoms with Gasteiger partial charge in [-0.15, -0.1) is 12.4 Å². The first-order valence-corrected chi connectivity index (χ1v) is 3.48. The largest absolute Gasteiger partial charge is 0.317 e. The second-order valence-corrected chi connectivity index (χ2v) is 2.46. The van der Waals surface area contributed by atoms with E-state index in [1.54, 1.807) is 0 Å². The van der Waals surface area contributed by atoms with Gasteiger partial charge in [0.25, 0.3) is 0 Å². The van der Waals surface area contributed by atoms with Gasteiger partial charge in [0.2, 0.25) is 5.24 Å². The second-order valence-electron chi connectivity index (χ2n) is 1.93. The van der Waals surface area contributed by atoms with E-state index in [0.29, 0.717) is 0 Å². The molecule has 4 heteroatoms. The van der Waals surface area contributed by atoms with E-state index < -0.39 is 0 Å². The van der Waals surface area contributed by atoms with Gasteiger partial charge in [-0.25, -0.2) is 0 Å². The minimum atomic E-state index is -0.361. The number of hydrogen-bond acceptors (Lipinski definition) is 2. The van der Waals surface area contributed by atoms with Crippen LogP contribution in [0.1, 0.15) is 19.8 Å². The Bertz CT molecular complexity index is 72.2. The first-order valence-electron chi connectivity index (χ1n) is 3.10. The van der Waals surface area contributed by atoms with E-state index in [1.807, 2.05) is 0 Å². The standard InChI is InChI=1S/C4H9N.C2H3ClO.ClH/c1-2-4-5-3-1;1-2(3)4;/h5H,1-4H2;1H3;1H. The van der Waals surface area contributed by atoms with Crippen molar-refractivity contribution in [2.45, 2.75) is 19.8 Å². The lowest BCUT2D eigenvalue weighted by molar-refractivity contribution is -0.109. The molecule has 1 fully saturated rings. The lowest BCUT2D eigenvalue weighted by atomic mass is 10.4. The lowest BCUT2D eigenvalue weighted by Crippen LogP contribution is -2.03. The fourth-order valence-electron chi connectivity index (χ4n) is 0.625. The van der Waals surface area contributed by atoms with Gasteiger partial charge in [-0.05, 0) is 37.5 Å². The fraction of sp³-hybridized carbons (Fsp3) is 0.833. The average molecular weight is 186 g/mol. The Balaban J connectivity index is 0. The number of nitrogens with one attached hydrogen (secondary N) is 1. The molecule has 0 spiro atoms. The van der Waals surface area contributed by atoms with Crippen LogP contribution in [0.5, 0.6) is 0 Å². The molecular weight excluding hydrogens is 173 g/mol. The highest BCUT2D eigenvalue weighted by molar-refractivity contribution is 6.62. The van der Waals surface area contributed by atoms with Gasteiger partial charge in [-0.2, -0.15) is 0 Å². The van der Waals surface area contributed by atoms with Crippen molar-refractivity contribution in [1.29, 1.82) is 0 Å². The second kappa shape index (κ2) is 9.21. The molecule has 0 aromatic carbocycles. The van der Waals surface area contributed by atoms with Crippen LogP contribution < -0.4 is 5.32 Å². The average Bonchev–Trinajstić information content (AvgIpc) is 2.11. The normalized spacial score (nSPS) is 14.6.